The summed E-state index contributed by atoms with van der Waals surface area (Å²) in [5.74, 6) is 0.750. The third-order valence-electron chi connectivity index (χ3n) is 6.15. The predicted molar refractivity (Wildman–Crippen MR) is 120 cm³/mol. The maximum absolute atomic E-state index is 2.51. The Morgan fingerprint density at radius 1 is 0.741 bits per heavy atom. The third-order valence-corrected chi connectivity index (χ3v) is 6.15. The van der Waals surface area contributed by atoms with Crippen LogP contribution in [0.2, 0.25) is 0 Å². The second kappa shape index (κ2) is 7.46. The molecular weight excluding hydrogens is 324 g/mol. The molecule has 0 heterocycles. The van der Waals surface area contributed by atoms with Crippen LogP contribution in [-0.4, -0.2) is 0 Å². The molecule has 2 aromatic rings. The lowest BCUT2D eigenvalue weighted by Crippen LogP contribution is -2.19. The maximum atomic E-state index is 2.51. The van der Waals surface area contributed by atoms with Crippen molar-refractivity contribution in [2.45, 2.75) is 97.3 Å². The van der Waals surface area contributed by atoms with Crippen molar-refractivity contribution in [3.8, 4) is 11.1 Å². The molecule has 0 nitrogen and oxygen atoms in total. The van der Waals surface area contributed by atoms with Crippen LogP contribution in [0.3, 0.4) is 0 Å². The van der Waals surface area contributed by atoms with Crippen molar-refractivity contribution in [2.24, 2.45) is 0 Å². The van der Waals surface area contributed by atoms with E-state index in [0.29, 0.717) is 0 Å². The Labute approximate surface area is 167 Å². The van der Waals surface area contributed by atoms with Crippen LogP contribution in [0.15, 0.2) is 36.4 Å². The van der Waals surface area contributed by atoms with E-state index in [4.69, 9.17) is 0 Å². The fraction of sp³-hybridized carbons (Fsp3) is 0.556. The van der Waals surface area contributed by atoms with Gasteiger partial charge in [-0.15, -0.1) is 0 Å². The first-order valence-electron chi connectivity index (χ1n) is 10.8. The minimum atomic E-state index is 0.127. The van der Waals surface area contributed by atoms with Crippen LogP contribution in [0, 0.1) is 6.92 Å². The zero-order valence-corrected chi connectivity index (χ0v) is 18.6. The molecule has 146 valence electrons. The van der Waals surface area contributed by atoms with Crippen molar-refractivity contribution in [1.29, 1.82) is 0 Å². The second-order valence-corrected chi connectivity index (χ2v) is 10.7. The summed E-state index contributed by atoms with van der Waals surface area (Å²) in [6, 6.07) is 14.3. The zero-order chi connectivity index (χ0) is 19.8. The van der Waals surface area contributed by atoms with Gasteiger partial charge in [0.1, 0.15) is 0 Å². The maximum Gasteiger partial charge on any atom is -0.0109 e. The molecule has 1 aliphatic carbocycles. The lowest BCUT2D eigenvalue weighted by Gasteiger charge is -2.31. The van der Waals surface area contributed by atoms with Crippen molar-refractivity contribution in [3.63, 3.8) is 0 Å². The predicted octanol–water partition coefficient (Wildman–Crippen LogP) is 8.30. The molecule has 2 aromatic carbocycles. The summed E-state index contributed by atoms with van der Waals surface area (Å²) in [4.78, 5) is 0. The van der Waals surface area contributed by atoms with Gasteiger partial charge >= 0.3 is 0 Å². The van der Waals surface area contributed by atoms with Gasteiger partial charge in [0.25, 0.3) is 0 Å². The van der Waals surface area contributed by atoms with Gasteiger partial charge in [-0.25, -0.2) is 0 Å². The highest BCUT2D eigenvalue weighted by Crippen LogP contribution is 2.42. The first-order valence-corrected chi connectivity index (χ1v) is 10.8. The largest absolute Gasteiger partial charge is 0.0614 e. The molecule has 0 spiro atoms. The van der Waals surface area contributed by atoms with Crippen LogP contribution in [0.5, 0.6) is 0 Å². The summed E-state index contributed by atoms with van der Waals surface area (Å²) in [7, 11) is 0. The Kier molecular flexibility index (Phi) is 5.57. The Morgan fingerprint density at radius 2 is 1.30 bits per heavy atom. The van der Waals surface area contributed by atoms with Gasteiger partial charge < -0.3 is 0 Å². The van der Waals surface area contributed by atoms with E-state index < -0.39 is 0 Å². The van der Waals surface area contributed by atoms with Crippen LogP contribution in [0.1, 0.15) is 102 Å². The summed E-state index contributed by atoms with van der Waals surface area (Å²) < 4.78 is 0. The Hall–Kier alpha value is -1.56. The minimum Gasteiger partial charge on any atom is -0.0614 e. The van der Waals surface area contributed by atoms with E-state index in [0.717, 1.165) is 5.92 Å². The van der Waals surface area contributed by atoms with Gasteiger partial charge in [0.2, 0.25) is 0 Å². The number of hydrogen-bond acceptors (Lipinski definition) is 0. The number of benzene rings is 2. The molecule has 0 aliphatic heterocycles. The highest BCUT2D eigenvalue weighted by molar-refractivity contribution is 5.75. The molecular formula is C27H38. The van der Waals surface area contributed by atoms with Crippen molar-refractivity contribution < 1.29 is 0 Å². The molecule has 0 unspecified atom stereocenters. The number of rotatable bonds is 2. The molecule has 3 rings (SSSR count). The van der Waals surface area contributed by atoms with E-state index >= 15 is 0 Å². The van der Waals surface area contributed by atoms with Gasteiger partial charge in [0.15, 0.2) is 0 Å². The van der Waals surface area contributed by atoms with Gasteiger partial charge in [0.05, 0.1) is 0 Å². The van der Waals surface area contributed by atoms with Gasteiger partial charge in [-0.2, -0.15) is 0 Å². The smallest absolute Gasteiger partial charge is 0.0109 e. The van der Waals surface area contributed by atoms with E-state index in [9.17, 15) is 0 Å². The molecule has 27 heavy (non-hydrogen) atoms. The highest BCUT2D eigenvalue weighted by Gasteiger charge is 2.27. The standard InChI is InChI=1S/C27H38/c1-19-16-23(26(2,3)4)25(24(17-19)27(5,6)7)22-15-11-14-21(18-22)20-12-9-8-10-13-20/h11,14-18,20H,8-10,12-13H2,1-7H3. The van der Waals surface area contributed by atoms with E-state index in [1.165, 1.54) is 59.9 Å². The molecule has 1 fully saturated rings. The topological polar surface area (TPSA) is 0 Å². The summed E-state index contributed by atoms with van der Waals surface area (Å²) in [6.45, 7) is 16.3. The zero-order valence-electron chi connectivity index (χ0n) is 18.6. The second-order valence-electron chi connectivity index (χ2n) is 10.7. The summed E-state index contributed by atoms with van der Waals surface area (Å²) >= 11 is 0. The molecule has 1 saturated carbocycles. The lowest BCUT2D eigenvalue weighted by molar-refractivity contribution is 0.443. The molecule has 0 amide bonds. The minimum absolute atomic E-state index is 0.127. The molecule has 0 heteroatoms. The van der Waals surface area contributed by atoms with Gasteiger partial charge in [-0.1, -0.05) is 103 Å². The van der Waals surface area contributed by atoms with Gasteiger partial charge in [-0.05, 0) is 64.3 Å². The average Bonchev–Trinajstić information content (AvgIpc) is 2.60. The Morgan fingerprint density at radius 3 is 1.81 bits per heavy atom. The van der Waals surface area contributed by atoms with Gasteiger partial charge in [0, 0.05) is 0 Å². The average molecular weight is 363 g/mol. The van der Waals surface area contributed by atoms with Crippen LogP contribution in [0.4, 0.5) is 0 Å². The van der Waals surface area contributed by atoms with E-state index in [-0.39, 0.29) is 10.8 Å². The molecule has 0 bridgehead atoms. The van der Waals surface area contributed by atoms with Crippen LogP contribution < -0.4 is 0 Å². The normalized spacial score (nSPS) is 16.6. The molecule has 1 aliphatic rings. The fourth-order valence-corrected chi connectivity index (χ4v) is 4.66. The van der Waals surface area contributed by atoms with Crippen LogP contribution >= 0.6 is 0 Å². The van der Waals surface area contributed by atoms with Crippen molar-refractivity contribution in [1.82, 2.24) is 0 Å². The van der Waals surface area contributed by atoms with E-state index in [2.05, 4.69) is 84.9 Å². The van der Waals surface area contributed by atoms with Crippen molar-refractivity contribution in [3.05, 3.63) is 58.7 Å². The van der Waals surface area contributed by atoms with Crippen LogP contribution in [0.25, 0.3) is 11.1 Å². The summed E-state index contributed by atoms with van der Waals surface area (Å²) in [5.41, 5.74) is 9.02. The molecule has 0 saturated heterocycles. The van der Waals surface area contributed by atoms with E-state index in [1.807, 2.05) is 0 Å². The summed E-state index contributed by atoms with van der Waals surface area (Å²) in [5, 5.41) is 0. The van der Waals surface area contributed by atoms with Crippen molar-refractivity contribution in [2.75, 3.05) is 0 Å². The quantitative estimate of drug-likeness (QED) is 0.504. The fourth-order valence-electron chi connectivity index (χ4n) is 4.66. The lowest BCUT2D eigenvalue weighted by atomic mass is 9.73. The molecule has 0 N–H and O–H groups in total. The molecule has 0 radical (unpaired) electrons. The first kappa shape index (κ1) is 20.2. The summed E-state index contributed by atoms with van der Waals surface area (Å²) in [6.07, 6.45) is 6.90. The number of aryl methyl sites for hydroxylation is 1. The van der Waals surface area contributed by atoms with Crippen molar-refractivity contribution >= 4 is 0 Å². The highest BCUT2D eigenvalue weighted by atomic mass is 14.3. The van der Waals surface area contributed by atoms with Crippen LogP contribution in [-0.2, 0) is 10.8 Å². The van der Waals surface area contributed by atoms with E-state index in [1.54, 1.807) is 5.56 Å². The Bertz CT molecular complexity index is 755. The monoisotopic (exact) mass is 362 g/mol. The first-order chi connectivity index (χ1) is 12.6. The SMILES string of the molecule is Cc1cc(C(C)(C)C)c(-c2cccc(C3CCCCC3)c2)c(C(C)(C)C)c1. The molecule has 0 aromatic heterocycles. The Balaban J connectivity index is 2.21. The third kappa shape index (κ3) is 4.48. The van der Waals surface area contributed by atoms with Gasteiger partial charge in [-0.3, -0.25) is 0 Å². The number of hydrogen-bond donors (Lipinski definition) is 0. The molecule has 0 atom stereocenters.